The fourth-order valence-corrected chi connectivity index (χ4v) is 1.70. The fourth-order valence-electron chi connectivity index (χ4n) is 1.70. The molecule has 1 heterocycles. The maximum atomic E-state index is 5.69. The monoisotopic (exact) mass is 168 g/mol. The van der Waals surface area contributed by atoms with Gasteiger partial charge < -0.3 is 4.74 Å². The van der Waals surface area contributed by atoms with Crippen molar-refractivity contribution in [3.63, 3.8) is 0 Å². The van der Waals surface area contributed by atoms with Crippen molar-refractivity contribution in [2.75, 3.05) is 6.61 Å². The van der Waals surface area contributed by atoms with Crippen LogP contribution in [0.4, 0.5) is 0 Å². The van der Waals surface area contributed by atoms with Crippen LogP contribution in [-0.4, -0.2) is 12.2 Å². The molecular weight excluding hydrogens is 148 g/mol. The Labute approximate surface area is 75.8 Å². The minimum atomic E-state index is 0.186. The van der Waals surface area contributed by atoms with Gasteiger partial charge in [-0.05, 0) is 46.5 Å². The molecule has 1 aliphatic heterocycles. The molecule has 0 amide bonds. The van der Waals surface area contributed by atoms with E-state index in [9.17, 15) is 0 Å². The summed E-state index contributed by atoms with van der Waals surface area (Å²) in [4.78, 5) is 0. The quantitative estimate of drug-likeness (QED) is 0.587. The predicted octanol–water partition coefficient (Wildman–Crippen LogP) is 3.30. The Morgan fingerprint density at radius 1 is 1.50 bits per heavy atom. The van der Waals surface area contributed by atoms with Crippen LogP contribution in [0.5, 0.6) is 0 Å². The molecule has 0 aromatic heterocycles. The lowest BCUT2D eigenvalue weighted by molar-refractivity contribution is 0.0141. The van der Waals surface area contributed by atoms with E-state index in [1.807, 2.05) is 0 Å². The molecule has 1 aliphatic rings. The van der Waals surface area contributed by atoms with Crippen molar-refractivity contribution in [1.82, 2.24) is 0 Å². The molecule has 0 saturated carbocycles. The second-order valence-electron chi connectivity index (χ2n) is 4.22. The van der Waals surface area contributed by atoms with E-state index in [-0.39, 0.29) is 5.60 Å². The molecule has 1 rings (SSSR count). The molecular formula is C11H20O. The summed E-state index contributed by atoms with van der Waals surface area (Å²) in [5, 5.41) is 0. The second-order valence-corrected chi connectivity index (χ2v) is 4.22. The van der Waals surface area contributed by atoms with Crippen LogP contribution in [0.3, 0.4) is 0 Å². The first kappa shape index (κ1) is 9.79. The van der Waals surface area contributed by atoms with Crippen molar-refractivity contribution in [3.8, 4) is 0 Å². The Bertz CT molecular complexity index is 160. The van der Waals surface area contributed by atoms with E-state index < -0.39 is 0 Å². The van der Waals surface area contributed by atoms with Gasteiger partial charge in [0.25, 0.3) is 0 Å². The zero-order valence-electron chi connectivity index (χ0n) is 8.52. The maximum Gasteiger partial charge on any atom is 0.0658 e. The van der Waals surface area contributed by atoms with Crippen LogP contribution in [0.15, 0.2) is 11.6 Å². The van der Waals surface area contributed by atoms with Crippen molar-refractivity contribution >= 4 is 0 Å². The normalized spacial score (nSPS) is 28.9. The van der Waals surface area contributed by atoms with Crippen LogP contribution in [0.25, 0.3) is 0 Å². The van der Waals surface area contributed by atoms with Crippen LogP contribution >= 0.6 is 0 Å². The summed E-state index contributed by atoms with van der Waals surface area (Å²) in [5.74, 6) is 0. The Morgan fingerprint density at radius 2 is 2.25 bits per heavy atom. The molecule has 0 radical (unpaired) electrons. The number of hydrogen-bond acceptors (Lipinski definition) is 1. The molecule has 0 aliphatic carbocycles. The SMILES string of the molecule is CC(C)=CCC[C@]1(C)CCCO1. The van der Waals surface area contributed by atoms with Gasteiger partial charge >= 0.3 is 0 Å². The number of allylic oxidation sites excluding steroid dienone is 2. The topological polar surface area (TPSA) is 9.23 Å². The lowest BCUT2D eigenvalue weighted by Gasteiger charge is -2.21. The van der Waals surface area contributed by atoms with Crippen LogP contribution in [0, 0.1) is 0 Å². The summed E-state index contributed by atoms with van der Waals surface area (Å²) in [6.45, 7) is 7.50. The van der Waals surface area contributed by atoms with Gasteiger partial charge in [-0.3, -0.25) is 0 Å². The standard InChI is InChI=1S/C11H20O/c1-10(2)6-4-7-11(3)8-5-9-12-11/h6H,4-5,7-9H2,1-3H3/t11-/m1/s1. The number of rotatable bonds is 3. The zero-order chi connectivity index (χ0) is 9.03. The van der Waals surface area contributed by atoms with Gasteiger partial charge in [-0.2, -0.15) is 0 Å². The summed E-state index contributed by atoms with van der Waals surface area (Å²) >= 11 is 0. The molecule has 70 valence electrons. The van der Waals surface area contributed by atoms with Crippen LogP contribution in [0.1, 0.15) is 46.5 Å². The van der Waals surface area contributed by atoms with Crippen LogP contribution in [-0.2, 0) is 4.74 Å². The highest BCUT2D eigenvalue weighted by molar-refractivity contribution is 4.94. The van der Waals surface area contributed by atoms with Crippen molar-refractivity contribution in [1.29, 1.82) is 0 Å². The molecule has 1 saturated heterocycles. The third kappa shape index (κ3) is 2.98. The lowest BCUT2D eigenvalue weighted by Crippen LogP contribution is -2.22. The lowest BCUT2D eigenvalue weighted by atomic mass is 9.96. The highest BCUT2D eigenvalue weighted by Crippen LogP contribution is 2.29. The minimum Gasteiger partial charge on any atom is -0.375 e. The Morgan fingerprint density at radius 3 is 2.75 bits per heavy atom. The van der Waals surface area contributed by atoms with Crippen molar-refractivity contribution in [2.45, 2.75) is 52.1 Å². The first-order valence-corrected chi connectivity index (χ1v) is 4.90. The summed E-state index contributed by atoms with van der Waals surface area (Å²) < 4.78 is 5.69. The Balaban J connectivity index is 2.26. The van der Waals surface area contributed by atoms with E-state index in [0.29, 0.717) is 0 Å². The summed E-state index contributed by atoms with van der Waals surface area (Å²) in [7, 11) is 0. The molecule has 0 unspecified atom stereocenters. The third-order valence-electron chi connectivity index (χ3n) is 2.53. The van der Waals surface area contributed by atoms with E-state index in [1.54, 1.807) is 0 Å². The van der Waals surface area contributed by atoms with Gasteiger partial charge in [-0.15, -0.1) is 0 Å². The van der Waals surface area contributed by atoms with Gasteiger partial charge in [-0.25, -0.2) is 0 Å². The molecule has 0 aromatic carbocycles. The van der Waals surface area contributed by atoms with Crippen LogP contribution in [0.2, 0.25) is 0 Å². The van der Waals surface area contributed by atoms with Gasteiger partial charge in [0.05, 0.1) is 5.60 Å². The zero-order valence-corrected chi connectivity index (χ0v) is 8.52. The highest BCUT2D eigenvalue weighted by Gasteiger charge is 2.28. The molecule has 0 N–H and O–H groups in total. The molecule has 1 nitrogen and oxygen atoms in total. The fraction of sp³-hybridized carbons (Fsp3) is 0.818. The molecule has 1 atom stereocenters. The molecule has 1 heteroatoms. The van der Waals surface area contributed by atoms with Crippen molar-refractivity contribution in [2.24, 2.45) is 0 Å². The summed E-state index contributed by atoms with van der Waals surface area (Å²) in [6.07, 6.45) is 7.12. The van der Waals surface area contributed by atoms with E-state index in [4.69, 9.17) is 4.74 Å². The predicted molar refractivity (Wildman–Crippen MR) is 52.3 cm³/mol. The average Bonchev–Trinajstić information content (AvgIpc) is 2.35. The van der Waals surface area contributed by atoms with Gasteiger partial charge in [0.2, 0.25) is 0 Å². The second kappa shape index (κ2) is 4.08. The smallest absolute Gasteiger partial charge is 0.0658 e. The molecule has 1 fully saturated rings. The van der Waals surface area contributed by atoms with Gasteiger partial charge in [0.15, 0.2) is 0 Å². The molecule has 0 aromatic rings. The summed E-state index contributed by atoms with van der Waals surface area (Å²) in [5.41, 5.74) is 1.60. The van der Waals surface area contributed by atoms with Gasteiger partial charge in [0.1, 0.15) is 0 Å². The highest BCUT2D eigenvalue weighted by atomic mass is 16.5. The molecule has 0 bridgehead atoms. The average molecular weight is 168 g/mol. The first-order chi connectivity index (χ1) is 5.62. The largest absolute Gasteiger partial charge is 0.375 e. The number of hydrogen-bond donors (Lipinski definition) is 0. The first-order valence-electron chi connectivity index (χ1n) is 4.90. The van der Waals surface area contributed by atoms with Gasteiger partial charge in [0, 0.05) is 6.61 Å². The minimum absolute atomic E-state index is 0.186. The van der Waals surface area contributed by atoms with Crippen molar-refractivity contribution in [3.05, 3.63) is 11.6 Å². The maximum absolute atomic E-state index is 5.69. The number of ether oxygens (including phenoxy) is 1. The third-order valence-corrected chi connectivity index (χ3v) is 2.53. The van der Waals surface area contributed by atoms with E-state index in [2.05, 4.69) is 26.8 Å². The van der Waals surface area contributed by atoms with Gasteiger partial charge in [-0.1, -0.05) is 11.6 Å². The Hall–Kier alpha value is -0.300. The summed E-state index contributed by atoms with van der Waals surface area (Å²) in [6, 6.07) is 0. The van der Waals surface area contributed by atoms with E-state index in [1.165, 1.54) is 31.3 Å². The van der Waals surface area contributed by atoms with Crippen molar-refractivity contribution < 1.29 is 4.74 Å². The Kier molecular flexibility index (Phi) is 3.33. The van der Waals surface area contributed by atoms with E-state index >= 15 is 0 Å². The molecule has 12 heavy (non-hydrogen) atoms. The van der Waals surface area contributed by atoms with Crippen LogP contribution < -0.4 is 0 Å². The van der Waals surface area contributed by atoms with E-state index in [0.717, 1.165) is 6.61 Å². The molecule has 0 spiro atoms.